The molecule has 0 bridgehead atoms. The highest BCUT2D eigenvalue weighted by Crippen LogP contribution is 2.22. The second kappa shape index (κ2) is 6.41. The molecule has 5 nitrogen and oxygen atoms in total. The number of aromatic carboxylic acids is 1. The van der Waals surface area contributed by atoms with Crippen LogP contribution in [0.4, 0.5) is 5.69 Å². The van der Waals surface area contributed by atoms with Gasteiger partial charge in [0.25, 0.3) is 5.91 Å². The van der Waals surface area contributed by atoms with E-state index in [0.717, 1.165) is 0 Å². The Morgan fingerprint density at radius 3 is 2.62 bits per heavy atom. The van der Waals surface area contributed by atoms with Crippen LogP contribution in [0.15, 0.2) is 46.9 Å². The fraction of sp³-hybridized carbons (Fsp3) is 0.0667. The Morgan fingerprint density at radius 2 is 1.95 bits per heavy atom. The number of anilines is 1. The molecule has 0 aliphatic rings. The van der Waals surface area contributed by atoms with Gasteiger partial charge in [-0.05, 0) is 52.3 Å². The molecule has 1 amide bonds. The highest BCUT2D eigenvalue weighted by Gasteiger charge is 2.12. The molecule has 0 radical (unpaired) electrons. The molecule has 2 aromatic rings. The van der Waals surface area contributed by atoms with E-state index < -0.39 is 5.97 Å². The summed E-state index contributed by atoms with van der Waals surface area (Å²) in [6.07, 6.45) is 0. The highest BCUT2D eigenvalue weighted by atomic mass is 79.9. The third-order valence-electron chi connectivity index (χ3n) is 2.79. The summed E-state index contributed by atoms with van der Waals surface area (Å²) in [4.78, 5) is 23.2. The monoisotopic (exact) mass is 349 g/mol. The summed E-state index contributed by atoms with van der Waals surface area (Å²) in [5.41, 5.74) is 0.913. The number of ether oxygens (including phenoxy) is 1. The zero-order chi connectivity index (χ0) is 15.4. The summed E-state index contributed by atoms with van der Waals surface area (Å²) < 4.78 is 5.51. The van der Waals surface area contributed by atoms with Crippen LogP contribution in [0, 0.1) is 0 Å². The van der Waals surface area contributed by atoms with Crippen LogP contribution < -0.4 is 10.1 Å². The molecule has 6 heteroatoms. The average molecular weight is 350 g/mol. The van der Waals surface area contributed by atoms with Crippen molar-refractivity contribution in [2.24, 2.45) is 0 Å². The molecule has 0 fully saturated rings. The number of carbonyl (C=O) groups is 2. The highest BCUT2D eigenvalue weighted by molar-refractivity contribution is 9.10. The number of nitrogens with one attached hydrogen (secondary N) is 1. The molecule has 0 heterocycles. The van der Waals surface area contributed by atoms with Gasteiger partial charge in [-0.1, -0.05) is 6.07 Å². The first-order chi connectivity index (χ1) is 10.0. The zero-order valence-corrected chi connectivity index (χ0v) is 12.7. The number of hydrogen-bond acceptors (Lipinski definition) is 3. The first kappa shape index (κ1) is 15.1. The molecule has 0 aliphatic carbocycles. The van der Waals surface area contributed by atoms with Crippen LogP contribution in [0.3, 0.4) is 0 Å². The summed E-state index contributed by atoms with van der Waals surface area (Å²) in [6, 6.07) is 11.3. The van der Waals surface area contributed by atoms with Crippen LogP contribution in [0.5, 0.6) is 5.75 Å². The van der Waals surface area contributed by atoms with Crippen LogP contribution in [-0.4, -0.2) is 24.1 Å². The predicted molar refractivity (Wildman–Crippen MR) is 82.0 cm³/mol. The molecule has 0 spiro atoms. The van der Waals surface area contributed by atoms with Gasteiger partial charge in [-0.2, -0.15) is 0 Å². The third-order valence-corrected chi connectivity index (χ3v) is 3.48. The quantitative estimate of drug-likeness (QED) is 0.886. The maximum absolute atomic E-state index is 12.1. The Balaban J connectivity index is 2.23. The fourth-order valence-corrected chi connectivity index (χ4v) is 2.15. The van der Waals surface area contributed by atoms with Crippen molar-refractivity contribution in [3.8, 4) is 5.75 Å². The Bertz CT molecular complexity index is 700. The molecule has 0 saturated heterocycles. The van der Waals surface area contributed by atoms with Crippen molar-refractivity contribution in [3.63, 3.8) is 0 Å². The van der Waals surface area contributed by atoms with Crippen LogP contribution in [0.1, 0.15) is 20.7 Å². The lowest BCUT2D eigenvalue weighted by molar-refractivity contribution is 0.0695. The van der Waals surface area contributed by atoms with Crippen molar-refractivity contribution >= 4 is 33.5 Å². The summed E-state index contributed by atoms with van der Waals surface area (Å²) in [7, 11) is 1.52. The van der Waals surface area contributed by atoms with E-state index in [1.165, 1.54) is 13.2 Å². The minimum absolute atomic E-state index is 0.0819. The van der Waals surface area contributed by atoms with E-state index in [9.17, 15) is 9.59 Å². The van der Waals surface area contributed by atoms with Crippen molar-refractivity contribution in [1.29, 1.82) is 0 Å². The van der Waals surface area contributed by atoms with Crippen LogP contribution >= 0.6 is 15.9 Å². The van der Waals surface area contributed by atoms with Crippen molar-refractivity contribution in [2.75, 3.05) is 12.4 Å². The van der Waals surface area contributed by atoms with Gasteiger partial charge >= 0.3 is 5.97 Å². The van der Waals surface area contributed by atoms with Gasteiger partial charge < -0.3 is 15.2 Å². The number of halogens is 1. The molecule has 0 aromatic heterocycles. The largest absolute Gasteiger partial charge is 0.497 e. The molecule has 0 atom stereocenters. The van der Waals surface area contributed by atoms with E-state index in [1.807, 2.05) is 0 Å². The summed E-state index contributed by atoms with van der Waals surface area (Å²) in [6.45, 7) is 0. The Morgan fingerprint density at radius 1 is 1.19 bits per heavy atom. The first-order valence-electron chi connectivity index (χ1n) is 5.99. The third kappa shape index (κ3) is 3.61. The van der Waals surface area contributed by atoms with Gasteiger partial charge in [0.15, 0.2) is 0 Å². The van der Waals surface area contributed by atoms with Crippen molar-refractivity contribution in [3.05, 3.63) is 58.1 Å². The summed E-state index contributed by atoms with van der Waals surface area (Å²) in [5, 5.41) is 11.7. The molecule has 0 aliphatic heterocycles. The number of carbonyl (C=O) groups excluding carboxylic acids is 1. The summed E-state index contributed by atoms with van der Waals surface area (Å²) >= 11 is 3.15. The number of rotatable bonds is 4. The second-order valence-corrected chi connectivity index (χ2v) is 5.04. The van der Waals surface area contributed by atoms with Gasteiger partial charge in [0.05, 0.1) is 12.7 Å². The molecule has 2 rings (SSSR count). The zero-order valence-electron chi connectivity index (χ0n) is 11.1. The maximum atomic E-state index is 12.1. The Hall–Kier alpha value is -2.34. The SMILES string of the molecule is COc1cccc(C(=O)Nc2ccc(Br)c(C(=O)O)c2)c1. The minimum Gasteiger partial charge on any atom is -0.497 e. The fourth-order valence-electron chi connectivity index (χ4n) is 1.73. The van der Waals surface area contributed by atoms with Crippen LogP contribution in [0.2, 0.25) is 0 Å². The van der Waals surface area contributed by atoms with Gasteiger partial charge in [-0.15, -0.1) is 0 Å². The molecule has 0 saturated carbocycles. The van der Waals surface area contributed by atoms with Crippen LogP contribution in [-0.2, 0) is 0 Å². The van der Waals surface area contributed by atoms with Gasteiger partial charge in [-0.3, -0.25) is 4.79 Å². The topological polar surface area (TPSA) is 75.6 Å². The van der Waals surface area contributed by atoms with Crippen molar-refractivity contribution < 1.29 is 19.4 Å². The first-order valence-corrected chi connectivity index (χ1v) is 6.79. The van der Waals surface area contributed by atoms with Gasteiger partial charge in [0.2, 0.25) is 0 Å². The Kier molecular flexibility index (Phi) is 4.59. The molecule has 108 valence electrons. The average Bonchev–Trinajstić information content (AvgIpc) is 2.49. The number of amides is 1. The van der Waals surface area contributed by atoms with E-state index in [-0.39, 0.29) is 11.5 Å². The second-order valence-electron chi connectivity index (χ2n) is 4.19. The summed E-state index contributed by atoms with van der Waals surface area (Å²) in [5.74, 6) is -0.836. The lowest BCUT2D eigenvalue weighted by Gasteiger charge is -2.08. The van der Waals surface area contributed by atoms with Gasteiger partial charge in [0.1, 0.15) is 5.75 Å². The minimum atomic E-state index is -1.07. The predicted octanol–water partition coefficient (Wildman–Crippen LogP) is 3.41. The van der Waals surface area contributed by atoms with E-state index in [2.05, 4.69) is 21.2 Å². The molecule has 2 aromatic carbocycles. The van der Waals surface area contributed by atoms with E-state index in [4.69, 9.17) is 9.84 Å². The number of carboxylic acids is 1. The van der Waals surface area contributed by atoms with E-state index >= 15 is 0 Å². The van der Waals surface area contributed by atoms with E-state index in [0.29, 0.717) is 21.5 Å². The Labute approximate surface area is 129 Å². The molecular weight excluding hydrogens is 338 g/mol. The molecule has 21 heavy (non-hydrogen) atoms. The van der Waals surface area contributed by atoms with Crippen LogP contribution in [0.25, 0.3) is 0 Å². The van der Waals surface area contributed by atoms with Crippen molar-refractivity contribution in [2.45, 2.75) is 0 Å². The number of hydrogen-bond donors (Lipinski definition) is 2. The number of carboxylic acid groups (broad SMARTS) is 1. The standard InChI is InChI=1S/C15H12BrNO4/c1-21-11-4-2-3-9(7-11)14(18)17-10-5-6-13(16)12(8-10)15(19)20/h2-8H,1H3,(H,17,18)(H,19,20). The lowest BCUT2D eigenvalue weighted by Crippen LogP contribution is -2.12. The van der Waals surface area contributed by atoms with Gasteiger partial charge in [0, 0.05) is 15.7 Å². The molecule has 2 N–H and O–H groups in total. The molecule has 0 unspecified atom stereocenters. The molecular formula is C15H12BrNO4. The maximum Gasteiger partial charge on any atom is 0.336 e. The number of benzene rings is 2. The normalized spacial score (nSPS) is 10.0. The van der Waals surface area contributed by atoms with Crippen molar-refractivity contribution in [1.82, 2.24) is 0 Å². The van der Waals surface area contributed by atoms with E-state index in [1.54, 1.807) is 36.4 Å². The number of methoxy groups -OCH3 is 1. The van der Waals surface area contributed by atoms with Gasteiger partial charge in [-0.25, -0.2) is 4.79 Å². The smallest absolute Gasteiger partial charge is 0.336 e. The lowest BCUT2D eigenvalue weighted by atomic mass is 10.1.